The average molecular weight is 408 g/mol. The molecule has 0 radical (unpaired) electrons. The van der Waals surface area contributed by atoms with E-state index >= 15 is 0 Å². The molecule has 1 aliphatic rings. The van der Waals surface area contributed by atoms with Crippen LogP contribution in [0.1, 0.15) is 43.4 Å². The van der Waals surface area contributed by atoms with Crippen molar-refractivity contribution in [3.63, 3.8) is 0 Å². The first-order valence-electron chi connectivity index (χ1n) is 10.9. The molecule has 0 saturated heterocycles. The molecule has 0 bridgehead atoms. The first kappa shape index (κ1) is 23.8. The summed E-state index contributed by atoms with van der Waals surface area (Å²) in [6, 6.07) is 6.62. The van der Waals surface area contributed by atoms with Gasteiger partial charge in [-0.05, 0) is 36.0 Å². The zero-order chi connectivity index (χ0) is 20.7. The minimum Gasteiger partial charge on any atom is -0.379 e. The van der Waals surface area contributed by atoms with E-state index in [0.29, 0.717) is 59.2 Å². The van der Waals surface area contributed by atoms with E-state index in [9.17, 15) is 4.79 Å². The quantitative estimate of drug-likeness (QED) is 0.418. The van der Waals surface area contributed by atoms with E-state index in [1.54, 1.807) is 0 Å². The Morgan fingerprint density at radius 1 is 0.862 bits per heavy atom. The second-order valence-corrected chi connectivity index (χ2v) is 7.22. The molecule has 0 aromatic heterocycles. The van der Waals surface area contributed by atoms with Crippen LogP contribution in [0, 0.1) is 0 Å². The summed E-state index contributed by atoms with van der Waals surface area (Å²) >= 11 is 0. The lowest BCUT2D eigenvalue weighted by Gasteiger charge is -2.29. The van der Waals surface area contributed by atoms with Gasteiger partial charge in [-0.2, -0.15) is 0 Å². The van der Waals surface area contributed by atoms with Gasteiger partial charge in [0.25, 0.3) is 0 Å². The number of rotatable bonds is 15. The van der Waals surface area contributed by atoms with Crippen LogP contribution in [-0.4, -0.2) is 70.2 Å². The molecule has 1 aromatic carbocycles. The molecule has 6 nitrogen and oxygen atoms in total. The topological polar surface area (TPSA) is 57.2 Å². The molecular formula is C23H37NO5. The lowest BCUT2D eigenvalue weighted by Crippen LogP contribution is -2.36. The molecule has 0 atom stereocenters. The molecule has 0 saturated carbocycles. The molecule has 0 unspecified atom stereocenters. The van der Waals surface area contributed by atoms with Crippen molar-refractivity contribution in [3.8, 4) is 0 Å². The Kier molecular flexibility index (Phi) is 11.9. The molecule has 1 heterocycles. The number of carbonyl (C=O) groups is 1. The summed E-state index contributed by atoms with van der Waals surface area (Å²) in [5.41, 5.74) is 4.03. The highest BCUT2D eigenvalue weighted by molar-refractivity contribution is 5.76. The van der Waals surface area contributed by atoms with Crippen LogP contribution in [0.4, 0.5) is 0 Å². The number of nitrogens with zero attached hydrogens (tertiary/aromatic N) is 1. The van der Waals surface area contributed by atoms with Crippen molar-refractivity contribution in [2.75, 3.05) is 59.4 Å². The highest BCUT2D eigenvalue weighted by Crippen LogP contribution is 2.21. The summed E-state index contributed by atoms with van der Waals surface area (Å²) < 4.78 is 21.7. The number of benzene rings is 1. The van der Waals surface area contributed by atoms with Gasteiger partial charge >= 0.3 is 0 Å². The van der Waals surface area contributed by atoms with E-state index in [2.05, 4.69) is 32.0 Å². The summed E-state index contributed by atoms with van der Waals surface area (Å²) in [7, 11) is 0. The molecule has 1 aromatic rings. The molecule has 2 rings (SSSR count). The van der Waals surface area contributed by atoms with Gasteiger partial charge in [0.2, 0.25) is 5.91 Å². The van der Waals surface area contributed by atoms with Crippen molar-refractivity contribution in [3.05, 3.63) is 34.9 Å². The van der Waals surface area contributed by atoms with E-state index < -0.39 is 0 Å². The Bertz CT molecular complexity index is 593. The second-order valence-electron chi connectivity index (χ2n) is 7.22. The van der Waals surface area contributed by atoms with Crippen molar-refractivity contribution in [2.24, 2.45) is 0 Å². The maximum atomic E-state index is 12.4. The normalized spacial score (nSPS) is 13.5. The molecule has 0 aliphatic carbocycles. The van der Waals surface area contributed by atoms with Crippen LogP contribution in [-0.2, 0) is 43.1 Å². The number of fused-ring (bicyclic) bond motifs is 1. The molecule has 0 fully saturated rings. The monoisotopic (exact) mass is 407 g/mol. The van der Waals surface area contributed by atoms with Gasteiger partial charge in [0.05, 0.1) is 52.7 Å². The Labute approximate surface area is 175 Å². The van der Waals surface area contributed by atoms with E-state index in [4.69, 9.17) is 18.9 Å². The predicted octanol–water partition coefficient (Wildman–Crippen LogP) is 3.00. The third-order valence-electron chi connectivity index (χ3n) is 4.97. The third-order valence-corrected chi connectivity index (χ3v) is 4.97. The van der Waals surface area contributed by atoms with Crippen molar-refractivity contribution in [1.29, 1.82) is 0 Å². The van der Waals surface area contributed by atoms with Crippen LogP contribution >= 0.6 is 0 Å². The molecule has 29 heavy (non-hydrogen) atoms. The first-order chi connectivity index (χ1) is 14.2. The number of aryl methyl sites for hydroxylation is 1. The van der Waals surface area contributed by atoms with Gasteiger partial charge in [0, 0.05) is 19.7 Å². The van der Waals surface area contributed by atoms with Crippen LogP contribution in [0.5, 0.6) is 0 Å². The van der Waals surface area contributed by atoms with E-state index in [1.165, 1.54) is 16.7 Å². The van der Waals surface area contributed by atoms with Crippen LogP contribution in [0.25, 0.3) is 0 Å². The third kappa shape index (κ3) is 9.26. The number of amides is 1. The molecule has 1 aliphatic heterocycles. The Balaban J connectivity index is 1.46. The lowest BCUT2D eigenvalue weighted by atomic mass is 9.96. The van der Waals surface area contributed by atoms with Gasteiger partial charge in [0.15, 0.2) is 0 Å². The van der Waals surface area contributed by atoms with Gasteiger partial charge in [-0.3, -0.25) is 4.79 Å². The summed E-state index contributed by atoms with van der Waals surface area (Å²) in [6.45, 7) is 10.3. The fourth-order valence-corrected chi connectivity index (χ4v) is 3.26. The number of hydrogen-bond acceptors (Lipinski definition) is 5. The summed E-state index contributed by atoms with van der Waals surface area (Å²) in [5.74, 6) is 0.162. The van der Waals surface area contributed by atoms with Gasteiger partial charge in [-0.25, -0.2) is 0 Å². The highest BCUT2D eigenvalue weighted by atomic mass is 16.6. The van der Waals surface area contributed by atoms with Crippen LogP contribution < -0.4 is 0 Å². The minimum atomic E-state index is 0.162. The zero-order valence-corrected chi connectivity index (χ0v) is 18.1. The van der Waals surface area contributed by atoms with E-state index in [-0.39, 0.29) is 5.91 Å². The summed E-state index contributed by atoms with van der Waals surface area (Å²) in [6.07, 6.45) is 3.44. The minimum absolute atomic E-state index is 0.162. The van der Waals surface area contributed by atoms with Gasteiger partial charge in [-0.15, -0.1) is 0 Å². The van der Waals surface area contributed by atoms with Crippen LogP contribution in [0.15, 0.2) is 18.2 Å². The molecule has 0 N–H and O–H groups in total. The van der Waals surface area contributed by atoms with E-state index in [0.717, 1.165) is 32.4 Å². The first-order valence-corrected chi connectivity index (χ1v) is 10.9. The SMILES string of the molecule is CCCOCCOCCOCCOCCC(=O)N1CCc2cc(CC)ccc2C1. The Morgan fingerprint density at radius 2 is 1.48 bits per heavy atom. The van der Waals surface area contributed by atoms with Gasteiger partial charge < -0.3 is 23.8 Å². The fourth-order valence-electron chi connectivity index (χ4n) is 3.26. The van der Waals surface area contributed by atoms with Crippen molar-refractivity contribution in [1.82, 2.24) is 4.90 Å². The van der Waals surface area contributed by atoms with Gasteiger partial charge in [-0.1, -0.05) is 32.0 Å². The zero-order valence-electron chi connectivity index (χ0n) is 18.1. The van der Waals surface area contributed by atoms with Crippen LogP contribution in [0.2, 0.25) is 0 Å². The molecule has 1 amide bonds. The molecule has 0 spiro atoms. The largest absolute Gasteiger partial charge is 0.379 e. The standard InChI is InChI=1S/C23H37NO5/c1-3-10-26-12-14-28-16-17-29-15-13-27-11-8-23(25)24-9-7-21-18-20(4-2)5-6-22(21)19-24/h5-6,18H,3-4,7-17,19H2,1-2H3. The average Bonchev–Trinajstić information content (AvgIpc) is 2.76. The maximum Gasteiger partial charge on any atom is 0.225 e. The lowest BCUT2D eigenvalue weighted by molar-refractivity contribution is -0.133. The number of ether oxygens (including phenoxy) is 4. The van der Waals surface area contributed by atoms with E-state index in [1.807, 2.05) is 4.90 Å². The van der Waals surface area contributed by atoms with Gasteiger partial charge in [0.1, 0.15) is 0 Å². The predicted molar refractivity (Wildman–Crippen MR) is 113 cm³/mol. The van der Waals surface area contributed by atoms with Crippen molar-refractivity contribution < 1.29 is 23.7 Å². The fraction of sp³-hybridized carbons (Fsp3) is 0.696. The molecular weight excluding hydrogens is 370 g/mol. The molecule has 6 heteroatoms. The Hall–Kier alpha value is -1.47. The van der Waals surface area contributed by atoms with Crippen molar-refractivity contribution >= 4 is 5.91 Å². The highest BCUT2D eigenvalue weighted by Gasteiger charge is 2.20. The smallest absolute Gasteiger partial charge is 0.225 e. The van der Waals surface area contributed by atoms with Crippen molar-refractivity contribution in [2.45, 2.75) is 46.1 Å². The summed E-state index contributed by atoms with van der Waals surface area (Å²) in [5, 5.41) is 0. The number of hydrogen-bond donors (Lipinski definition) is 0. The Morgan fingerprint density at radius 3 is 2.10 bits per heavy atom. The second kappa shape index (κ2) is 14.5. The maximum absolute atomic E-state index is 12.4. The molecule has 164 valence electrons. The van der Waals surface area contributed by atoms with Crippen LogP contribution in [0.3, 0.4) is 0 Å². The number of carbonyl (C=O) groups excluding carboxylic acids is 1. The summed E-state index contributed by atoms with van der Waals surface area (Å²) in [4.78, 5) is 14.4.